The summed E-state index contributed by atoms with van der Waals surface area (Å²) in [5.74, 6) is 0. The molecular formula is C28H34ClN5. The molecule has 1 saturated heterocycles. The number of aryl methyl sites for hydroxylation is 2. The lowest BCUT2D eigenvalue weighted by molar-refractivity contribution is 0.122. The van der Waals surface area contributed by atoms with Gasteiger partial charge in [0.15, 0.2) is 0 Å². The molecule has 0 spiro atoms. The largest absolute Gasteiger partial charge is 0.347 e. The van der Waals surface area contributed by atoms with E-state index in [9.17, 15) is 0 Å². The Morgan fingerprint density at radius 1 is 0.941 bits per heavy atom. The van der Waals surface area contributed by atoms with Crippen molar-refractivity contribution in [1.29, 1.82) is 0 Å². The molecule has 5 rings (SSSR count). The summed E-state index contributed by atoms with van der Waals surface area (Å²) in [6, 6.07) is 17.3. The molecular weight excluding hydrogens is 442 g/mol. The van der Waals surface area contributed by atoms with E-state index < -0.39 is 0 Å². The summed E-state index contributed by atoms with van der Waals surface area (Å²) in [5, 5.41) is 6.88. The summed E-state index contributed by atoms with van der Waals surface area (Å²) >= 11 is 6.37. The second-order valence-corrected chi connectivity index (χ2v) is 9.87. The van der Waals surface area contributed by atoms with E-state index in [1.54, 1.807) is 0 Å². The Hall–Kier alpha value is -2.60. The molecule has 4 aromatic rings. The highest BCUT2D eigenvalue weighted by Crippen LogP contribution is 2.31. The Kier molecular flexibility index (Phi) is 7.05. The SMILES string of the molecule is CCCCn1cc(-c2ccn(C)n2)c2cc(CN3CCN(Cc4ccccc4Cl)CC3)ccc21. The first-order chi connectivity index (χ1) is 16.6. The fourth-order valence-electron chi connectivity index (χ4n) is 4.95. The molecule has 34 heavy (non-hydrogen) atoms. The van der Waals surface area contributed by atoms with E-state index in [2.05, 4.69) is 63.9 Å². The van der Waals surface area contributed by atoms with Crippen molar-refractivity contribution in [2.24, 2.45) is 7.05 Å². The van der Waals surface area contributed by atoms with Gasteiger partial charge >= 0.3 is 0 Å². The molecule has 1 aliphatic rings. The number of benzene rings is 2. The first-order valence-electron chi connectivity index (χ1n) is 12.4. The van der Waals surface area contributed by atoms with Gasteiger partial charge in [-0.15, -0.1) is 0 Å². The van der Waals surface area contributed by atoms with Gasteiger partial charge in [-0.1, -0.05) is 49.2 Å². The summed E-state index contributed by atoms with van der Waals surface area (Å²) in [4.78, 5) is 5.08. The van der Waals surface area contributed by atoms with Crippen molar-refractivity contribution in [3.05, 3.63) is 77.1 Å². The van der Waals surface area contributed by atoms with E-state index >= 15 is 0 Å². The third kappa shape index (κ3) is 5.07. The van der Waals surface area contributed by atoms with Crippen LogP contribution in [-0.2, 0) is 26.7 Å². The first-order valence-corrected chi connectivity index (χ1v) is 12.8. The van der Waals surface area contributed by atoms with Crippen LogP contribution < -0.4 is 0 Å². The van der Waals surface area contributed by atoms with Crippen LogP contribution in [0.3, 0.4) is 0 Å². The zero-order valence-electron chi connectivity index (χ0n) is 20.3. The maximum atomic E-state index is 6.37. The summed E-state index contributed by atoms with van der Waals surface area (Å²) in [7, 11) is 1.98. The average molecular weight is 476 g/mol. The van der Waals surface area contributed by atoms with E-state index in [0.717, 1.165) is 56.5 Å². The van der Waals surface area contributed by atoms with Crippen LogP contribution in [0.5, 0.6) is 0 Å². The van der Waals surface area contributed by atoms with Crippen molar-refractivity contribution in [1.82, 2.24) is 24.1 Å². The number of hydrogen-bond donors (Lipinski definition) is 0. The van der Waals surface area contributed by atoms with Crippen LogP contribution in [0.25, 0.3) is 22.2 Å². The third-order valence-electron chi connectivity index (χ3n) is 6.91. The molecule has 0 radical (unpaired) electrons. The Morgan fingerprint density at radius 3 is 2.41 bits per heavy atom. The van der Waals surface area contributed by atoms with Gasteiger partial charge in [-0.25, -0.2) is 0 Å². The lowest BCUT2D eigenvalue weighted by Crippen LogP contribution is -2.45. The Labute approximate surface area is 207 Å². The highest BCUT2D eigenvalue weighted by molar-refractivity contribution is 6.31. The van der Waals surface area contributed by atoms with Crippen molar-refractivity contribution in [2.45, 2.75) is 39.4 Å². The molecule has 6 heteroatoms. The van der Waals surface area contributed by atoms with Gasteiger partial charge in [0.25, 0.3) is 0 Å². The van der Waals surface area contributed by atoms with Gasteiger partial charge in [-0.2, -0.15) is 5.10 Å². The Morgan fingerprint density at radius 2 is 1.71 bits per heavy atom. The molecule has 178 valence electrons. The number of hydrogen-bond acceptors (Lipinski definition) is 3. The molecule has 0 N–H and O–H groups in total. The number of unbranched alkanes of at least 4 members (excludes halogenated alkanes) is 1. The van der Waals surface area contributed by atoms with Crippen LogP contribution >= 0.6 is 11.6 Å². The van der Waals surface area contributed by atoms with Gasteiger partial charge < -0.3 is 4.57 Å². The van der Waals surface area contributed by atoms with Gasteiger partial charge in [-0.05, 0) is 41.8 Å². The molecule has 2 aromatic carbocycles. The predicted octanol–water partition coefficient (Wildman–Crippen LogP) is 5.81. The molecule has 0 amide bonds. The average Bonchev–Trinajstić information content (AvgIpc) is 3.43. The van der Waals surface area contributed by atoms with E-state index in [0.29, 0.717) is 0 Å². The molecule has 0 atom stereocenters. The van der Waals surface area contributed by atoms with Crippen molar-refractivity contribution in [3.63, 3.8) is 0 Å². The minimum atomic E-state index is 0.868. The summed E-state index contributed by atoms with van der Waals surface area (Å²) in [5.41, 5.74) is 6.18. The van der Waals surface area contributed by atoms with Crippen LogP contribution in [0.2, 0.25) is 5.02 Å². The van der Waals surface area contributed by atoms with Crippen molar-refractivity contribution >= 4 is 22.5 Å². The quantitative estimate of drug-likeness (QED) is 0.322. The maximum Gasteiger partial charge on any atom is 0.0944 e. The Balaban J connectivity index is 1.30. The lowest BCUT2D eigenvalue weighted by Gasteiger charge is -2.35. The van der Waals surface area contributed by atoms with Crippen LogP contribution in [0.4, 0.5) is 0 Å². The van der Waals surface area contributed by atoms with Gasteiger partial charge in [0.1, 0.15) is 0 Å². The fourth-order valence-corrected chi connectivity index (χ4v) is 5.15. The molecule has 3 heterocycles. The molecule has 0 unspecified atom stereocenters. The van der Waals surface area contributed by atoms with Gasteiger partial charge in [0.2, 0.25) is 0 Å². The number of aromatic nitrogens is 3. The molecule has 1 aliphatic heterocycles. The molecule has 1 fully saturated rings. The van der Waals surface area contributed by atoms with Crippen LogP contribution in [0.15, 0.2) is 60.9 Å². The normalized spacial score (nSPS) is 15.4. The van der Waals surface area contributed by atoms with E-state index in [1.165, 1.54) is 40.4 Å². The number of nitrogens with zero attached hydrogens (tertiary/aromatic N) is 5. The van der Waals surface area contributed by atoms with Crippen LogP contribution in [-0.4, -0.2) is 50.3 Å². The first kappa shape index (κ1) is 23.2. The summed E-state index contributed by atoms with van der Waals surface area (Å²) in [6.07, 6.45) is 6.70. The smallest absolute Gasteiger partial charge is 0.0944 e. The monoisotopic (exact) mass is 475 g/mol. The molecule has 0 saturated carbocycles. The molecule has 2 aromatic heterocycles. The van der Waals surface area contributed by atoms with Crippen LogP contribution in [0, 0.1) is 0 Å². The fraction of sp³-hybridized carbons (Fsp3) is 0.393. The highest BCUT2D eigenvalue weighted by atomic mass is 35.5. The third-order valence-corrected chi connectivity index (χ3v) is 7.28. The topological polar surface area (TPSA) is 29.2 Å². The number of halogens is 1. The second-order valence-electron chi connectivity index (χ2n) is 9.46. The number of piperazine rings is 1. The summed E-state index contributed by atoms with van der Waals surface area (Å²) in [6.45, 7) is 9.50. The zero-order valence-corrected chi connectivity index (χ0v) is 21.0. The Bertz CT molecular complexity index is 1250. The van der Waals surface area contributed by atoms with E-state index in [-0.39, 0.29) is 0 Å². The molecule has 5 nitrogen and oxygen atoms in total. The van der Waals surface area contributed by atoms with Crippen molar-refractivity contribution in [2.75, 3.05) is 26.2 Å². The van der Waals surface area contributed by atoms with E-state index in [4.69, 9.17) is 16.7 Å². The van der Waals surface area contributed by atoms with Gasteiger partial charge in [0.05, 0.1) is 5.69 Å². The number of rotatable bonds is 8. The highest BCUT2D eigenvalue weighted by Gasteiger charge is 2.19. The minimum absolute atomic E-state index is 0.868. The zero-order chi connectivity index (χ0) is 23.5. The van der Waals surface area contributed by atoms with Crippen LogP contribution in [0.1, 0.15) is 30.9 Å². The predicted molar refractivity (Wildman–Crippen MR) is 141 cm³/mol. The van der Waals surface area contributed by atoms with Crippen molar-refractivity contribution in [3.8, 4) is 11.3 Å². The second kappa shape index (κ2) is 10.3. The maximum absolute atomic E-state index is 6.37. The standard InChI is InChI=1S/C28H34ClN5/c1-3-4-12-34-21-25(27-11-13-31(2)30-27)24-18-22(9-10-28(24)34)19-32-14-16-33(17-15-32)20-23-7-5-6-8-26(23)29/h5-11,13,18,21H,3-4,12,14-17,19-20H2,1-2H3. The van der Waals surface area contributed by atoms with Gasteiger partial charge in [0, 0.05) is 86.7 Å². The molecule has 0 aliphatic carbocycles. The van der Waals surface area contributed by atoms with Gasteiger partial charge in [-0.3, -0.25) is 14.5 Å². The lowest BCUT2D eigenvalue weighted by atomic mass is 10.1. The van der Waals surface area contributed by atoms with E-state index in [1.807, 2.05) is 30.1 Å². The summed E-state index contributed by atoms with van der Waals surface area (Å²) < 4.78 is 4.29. The molecule has 0 bridgehead atoms. The minimum Gasteiger partial charge on any atom is -0.347 e. The number of fused-ring (bicyclic) bond motifs is 1. The van der Waals surface area contributed by atoms with Crippen molar-refractivity contribution < 1.29 is 0 Å².